The molecule has 1 heterocycles. The molecule has 3 nitrogen and oxygen atoms in total. The lowest BCUT2D eigenvalue weighted by Crippen LogP contribution is -2.57. The molecule has 4 heteroatoms. The quantitative estimate of drug-likeness (QED) is 0.753. The van der Waals surface area contributed by atoms with E-state index in [0.29, 0.717) is 18.7 Å². The summed E-state index contributed by atoms with van der Waals surface area (Å²) in [5, 5.41) is 13.2. The van der Waals surface area contributed by atoms with Crippen molar-refractivity contribution in [3.05, 3.63) is 29.6 Å². The molecule has 0 atom stereocenters. The molecule has 15 heavy (non-hydrogen) atoms. The smallest absolute Gasteiger partial charge is 0.123 e. The Kier molecular flexibility index (Phi) is 2.40. The third-order valence-electron chi connectivity index (χ3n) is 2.78. The molecule has 2 N–H and O–H groups in total. The number of β-amino-alcohol motifs (C(OH)–C–C–N with tert-alkyl or cyclic N) is 1. The van der Waals surface area contributed by atoms with Crippen molar-refractivity contribution in [3.63, 3.8) is 0 Å². The Bertz CT molecular complexity index is 375. The first-order chi connectivity index (χ1) is 7.03. The highest BCUT2D eigenvalue weighted by Gasteiger charge is 2.38. The van der Waals surface area contributed by atoms with E-state index in [0.717, 1.165) is 5.69 Å². The normalized spacial score (nSPS) is 18.4. The molecule has 1 aromatic carbocycles. The lowest BCUT2D eigenvalue weighted by Gasteiger charge is -2.40. The summed E-state index contributed by atoms with van der Waals surface area (Å²) in [5.41, 5.74) is 0.605. The number of benzene rings is 1. The maximum atomic E-state index is 13.2. The maximum Gasteiger partial charge on any atom is 0.123 e. The van der Waals surface area contributed by atoms with Gasteiger partial charge in [-0.05, 0) is 18.2 Å². The summed E-state index contributed by atoms with van der Waals surface area (Å²) in [6, 6.07) is 4.52. The van der Waals surface area contributed by atoms with Crippen LogP contribution in [-0.4, -0.2) is 32.3 Å². The number of rotatable bonds is 2. The fourth-order valence-electron chi connectivity index (χ4n) is 1.82. The molecule has 0 saturated carbocycles. The summed E-state index contributed by atoms with van der Waals surface area (Å²) in [7, 11) is 3.76. The van der Waals surface area contributed by atoms with Crippen molar-refractivity contribution in [2.75, 3.05) is 32.1 Å². The molecule has 1 fully saturated rings. The second-order valence-corrected chi connectivity index (χ2v) is 4.19. The Balaban J connectivity index is 2.47. The topological polar surface area (TPSA) is 35.5 Å². The highest BCUT2D eigenvalue weighted by molar-refractivity contribution is 5.56. The highest BCUT2D eigenvalue weighted by atomic mass is 19.1. The van der Waals surface area contributed by atoms with E-state index in [4.69, 9.17) is 0 Å². The molecule has 0 aliphatic carbocycles. The standard InChI is InChI=1S/C11H15FN2O/c1-14(2)10-4-3-8(12)5-9(10)11(15)6-13-7-11/h3-5,13,15H,6-7H2,1-2H3. The summed E-state index contributed by atoms with van der Waals surface area (Å²) in [6.45, 7) is 0.967. The van der Waals surface area contributed by atoms with E-state index in [1.54, 1.807) is 6.07 Å². The first-order valence-electron chi connectivity index (χ1n) is 4.93. The highest BCUT2D eigenvalue weighted by Crippen LogP contribution is 2.33. The van der Waals surface area contributed by atoms with E-state index >= 15 is 0 Å². The van der Waals surface area contributed by atoms with E-state index < -0.39 is 5.60 Å². The van der Waals surface area contributed by atoms with Crippen LogP contribution in [0.5, 0.6) is 0 Å². The third kappa shape index (κ3) is 1.70. The van der Waals surface area contributed by atoms with E-state index in [2.05, 4.69) is 5.32 Å². The summed E-state index contributed by atoms with van der Waals surface area (Å²) < 4.78 is 13.2. The molecule has 1 aromatic rings. The van der Waals surface area contributed by atoms with Crippen LogP contribution in [0.2, 0.25) is 0 Å². The number of hydrogen-bond acceptors (Lipinski definition) is 3. The second-order valence-electron chi connectivity index (χ2n) is 4.19. The van der Waals surface area contributed by atoms with Gasteiger partial charge in [-0.3, -0.25) is 0 Å². The zero-order valence-corrected chi connectivity index (χ0v) is 8.92. The molecule has 0 bridgehead atoms. The van der Waals surface area contributed by atoms with Gasteiger partial charge in [-0.25, -0.2) is 4.39 Å². The van der Waals surface area contributed by atoms with Crippen molar-refractivity contribution >= 4 is 5.69 Å². The van der Waals surface area contributed by atoms with Crippen LogP contribution >= 0.6 is 0 Å². The fraction of sp³-hybridized carbons (Fsp3) is 0.455. The molecule has 0 unspecified atom stereocenters. The Morgan fingerprint density at radius 2 is 2.07 bits per heavy atom. The van der Waals surface area contributed by atoms with Gasteiger partial charge in [0.25, 0.3) is 0 Å². The maximum absolute atomic E-state index is 13.2. The molecule has 0 radical (unpaired) electrons. The summed E-state index contributed by atoms with van der Waals surface area (Å²) in [6.07, 6.45) is 0. The number of aliphatic hydroxyl groups is 1. The monoisotopic (exact) mass is 210 g/mol. The van der Waals surface area contributed by atoms with Crippen LogP contribution in [0, 0.1) is 5.82 Å². The minimum Gasteiger partial charge on any atom is -0.382 e. The van der Waals surface area contributed by atoms with E-state index in [1.807, 2.05) is 19.0 Å². The molecule has 82 valence electrons. The van der Waals surface area contributed by atoms with Gasteiger partial charge in [0.05, 0.1) is 0 Å². The lowest BCUT2D eigenvalue weighted by atomic mass is 9.86. The summed E-state index contributed by atoms with van der Waals surface area (Å²) in [4.78, 5) is 1.88. The fourth-order valence-corrected chi connectivity index (χ4v) is 1.82. The zero-order valence-electron chi connectivity index (χ0n) is 8.92. The third-order valence-corrected chi connectivity index (χ3v) is 2.78. The van der Waals surface area contributed by atoms with Crippen LogP contribution in [0.1, 0.15) is 5.56 Å². The van der Waals surface area contributed by atoms with Crippen molar-refractivity contribution in [3.8, 4) is 0 Å². The van der Waals surface area contributed by atoms with Gasteiger partial charge in [0.1, 0.15) is 11.4 Å². The van der Waals surface area contributed by atoms with Gasteiger partial charge in [-0.2, -0.15) is 0 Å². The van der Waals surface area contributed by atoms with Gasteiger partial charge in [0.15, 0.2) is 0 Å². The van der Waals surface area contributed by atoms with Crippen LogP contribution in [0.4, 0.5) is 10.1 Å². The van der Waals surface area contributed by atoms with Crippen molar-refractivity contribution in [2.24, 2.45) is 0 Å². The Morgan fingerprint density at radius 1 is 1.40 bits per heavy atom. The molecule has 1 saturated heterocycles. The van der Waals surface area contributed by atoms with E-state index in [-0.39, 0.29) is 5.82 Å². The van der Waals surface area contributed by atoms with Gasteiger partial charge in [0.2, 0.25) is 0 Å². The van der Waals surface area contributed by atoms with Crippen molar-refractivity contribution < 1.29 is 9.50 Å². The molecule has 2 rings (SSSR count). The van der Waals surface area contributed by atoms with Gasteiger partial charge < -0.3 is 15.3 Å². The van der Waals surface area contributed by atoms with Crippen LogP contribution < -0.4 is 10.2 Å². The second kappa shape index (κ2) is 3.47. The molecule has 0 spiro atoms. The van der Waals surface area contributed by atoms with Crippen LogP contribution in [0.3, 0.4) is 0 Å². The molecular formula is C11H15FN2O. The number of halogens is 1. The Labute approximate surface area is 88.5 Å². The average molecular weight is 210 g/mol. The largest absolute Gasteiger partial charge is 0.382 e. The lowest BCUT2D eigenvalue weighted by molar-refractivity contribution is -0.0144. The van der Waals surface area contributed by atoms with Gasteiger partial charge in [-0.1, -0.05) is 0 Å². The first kappa shape index (κ1) is 10.4. The Hall–Kier alpha value is -1.13. The van der Waals surface area contributed by atoms with Crippen LogP contribution in [0.15, 0.2) is 18.2 Å². The molecular weight excluding hydrogens is 195 g/mol. The molecule has 0 amide bonds. The van der Waals surface area contributed by atoms with E-state index in [1.165, 1.54) is 12.1 Å². The predicted octanol–water partition coefficient (Wildman–Crippen LogP) is 0.682. The number of nitrogens with one attached hydrogen (secondary N) is 1. The predicted molar refractivity (Wildman–Crippen MR) is 57.5 cm³/mol. The number of hydrogen-bond donors (Lipinski definition) is 2. The average Bonchev–Trinajstić information content (AvgIpc) is 2.13. The van der Waals surface area contributed by atoms with Crippen molar-refractivity contribution in [1.82, 2.24) is 5.32 Å². The molecule has 0 aromatic heterocycles. The molecule has 1 aliphatic rings. The minimum atomic E-state index is -0.915. The minimum absolute atomic E-state index is 0.309. The number of anilines is 1. The first-order valence-corrected chi connectivity index (χ1v) is 4.93. The van der Waals surface area contributed by atoms with Gasteiger partial charge in [-0.15, -0.1) is 0 Å². The molecule has 1 aliphatic heterocycles. The zero-order chi connectivity index (χ0) is 11.1. The number of nitrogens with zero attached hydrogens (tertiary/aromatic N) is 1. The SMILES string of the molecule is CN(C)c1ccc(F)cc1C1(O)CNC1. The van der Waals surface area contributed by atoms with E-state index in [9.17, 15) is 9.50 Å². The van der Waals surface area contributed by atoms with Gasteiger partial charge >= 0.3 is 0 Å². The van der Waals surface area contributed by atoms with Gasteiger partial charge in [0, 0.05) is 38.4 Å². The Morgan fingerprint density at radius 3 is 2.53 bits per heavy atom. The van der Waals surface area contributed by atoms with Crippen LogP contribution in [-0.2, 0) is 5.60 Å². The van der Waals surface area contributed by atoms with Crippen LogP contribution in [0.25, 0.3) is 0 Å². The summed E-state index contributed by atoms with van der Waals surface area (Å²) in [5.74, 6) is -0.309. The van der Waals surface area contributed by atoms with Crippen molar-refractivity contribution in [1.29, 1.82) is 0 Å². The summed E-state index contributed by atoms with van der Waals surface area (Å²) >= 11 is 0. The van der Waals surface area contributed by atoms with Crippen molar-refractivity contribution in [2.45, 2.75) is 5.60 Å².